The molecule has 0 radical (unpaired) electrons. The molecule has 1 atom stereocenters. The molecule has 1 aliphatic carbocycles. The first-order valence-corrected chi connectivity index (χ1v) is 7.32. The number of rotatable bonds is 6. The van der Waals surface area contributed by atoms with Crippen molar-refractivity contribution in [2.45, 2.75) is 39.5 Å². The molecule has 20 heavy (non-hydrogen) atoms. The largest absolute Gasteiger partial charge is 0.326 e. The van der Waals surface area contributed by atoms with E-state index in [1.54, 1.807) is 0 Å². The summed E-state index contributed by atoms with van der Waals surface area (Å²) in [6, 6.07) is 7.28. The van der Waals surface area contributed by atoms with Gasteiger partial charge in [-0.3, -0.25) is 9.59 Å². The molecule has 2 rings (SSSR count). The zero-order valence-electron chi connectivity index (χ0n) is 12.1. The van der Waals surface area contributed by atoms with Crippen LogP contribution in [-0.4, -0.2) is 11.8 Å². The van der Waals surface area contributed by atoms with Crippen molar-refractivity contribution in [3.05, 3.63) is 24.3 Å². The molecule has 4 nitrogen and oxygen atoms in total. The lowest BCUT2D eigenvalue weighted by atomic mass is 10.1. The highest BCUT2D eigenvalue weighted by molar-refractivity contribution is 5.95. The van der Waals surface area contributed by atoms with Gasteiger partial charge in [-0.05, 0) is 43.5 Å². The highest BCUT2D eigenvalue weighted by Crippen LogP contribution is 2.30. The SMILES string of the molecule is CCCC(C)C(=O)Nc1ccc(NC(=O)C2CC2)cc1. The summed E-state index contributed by atoms with van der Waals surface area (Å²) < 4.78 is 0. The Morgan fingerprint density at radius 1 is 1.15 bits per heavy atom. The van der Waals surface area contributed by atoms with Crippen LogP contribution < -0.4 is 10.6 Å². The summed E-state index contributed by atoms with van der Waals surface area (Å²) in [5, 5.41) is 5.77. The van der Waals surface area contributed by atoms with E-state index in [0.717, 1.165) is 37.1 Å². The monoisotopic (exact) mass is 274 g/mol. The average molecular weight is 274 g/mol. The van der Waals surface area contributed by atoms with E-state index >= 15 is 0 Å². The molecule has 0 aliphatic heterocycles. The van der Waals surface area contributed by atoms with Gasteiger partial charge in [0.2, 0.25) is 11.8 Å². The minimum atomic E-state index is 0.0224. The molecular weight excluding hydrogens is 252 g/mol. The van der Waals surface area contributed by atoms with Crippen molar-refractivity contribution in [1.82, 2.24) is 0 Å². The molecular formula is C16H22N2O2. The molecule has 0 aromatic heterocycles. The van der Waals surface area contributed by atoms with Crippen molar-refractivity contribution in [2.75, 3.05) is 10.6 Å². The van der Waals surface area contributed by atoms with Crippen LogP contribution in [0.25, 0.3) is 0 Å². The van der Waals surface area contributed by atoms with Crippen LogP contribution in [-0.2, 0) is 9.59 Å². The van der Waals surface area contributed by atoms with Crippen molar-refractivity contribution in [3.8, 4) is 0 Å². The number of hydrogen-bond donors (Lipinski definition) is 2. The van der Waals surface area contributed by atoms with Crippen molar-refractivity contribution in [1.29, 1.82) is 0 Å². The summed E-state index contributed by atoms with van der Waals surface area (Å²) >= 11 is 0. The van der Waals surface area contributed by atoms with E-state index in [0.29, 0.717) is 0 Å². The molecule has 0 spiro atoms. The summed E-state index contributed by atoms with van der Waals surface area (Å²) in [6.07, 6.45) is 3.88. The average Bonchev–Trinajstić information content (AvgIpc) is 3.25. The van der Waals surface area contributed by atoms with Gasteiger partial charge in [0.15, 0.2) is 0 Å². The van der Waals surface area contributed by atoms with E-state index in [1.165, 1.54) is 0 Å². The number of amides is 2. The lowest BCUT2D eigenvalue weighted by molar-refractivity contribution is -0.119. The van der Waals surface area contributed by atoms with Crippen LogP contribution >= 0.6 is 0 Å². The van der Waals surface area contributed by atoms with Crippen LogP contribution in [0.15, 0.2) is 24.3 Å². The van der Waals surface area contributed by atoms with Crippen LogP contribution in [0.1, 0.15) is 39.5 Å². The first-order valence-electron chi connectivity index (χ1n) is 7.32. The fourth-order valence-electron chi connectivity index (χ4n) is 2.06. The molecule has 1 aliphatic rings. The smallest absolute Gasteiger partial charge is 0.227 e. The van der Waals surface area contributed by atoms with Crippen LogP contribution in [0.4, 0.5) is 11.4 Å². The third kappa shape index (κ3) is 4.08. The quantitative estimate of drug-likeness (QED) is 0.835. The van der Waals surface area contributed by atoms with Gasteiger partial charge >= 0.3 is 0 Å². The van der Waals surface area contributed by atoms with Crippen molar-refractivity contribution in [2.24, 2.45) is 11.8 Å². The molecule has 1 unspecified atom stereocenters. The molecule has 1 aromatic rings. The van der Waals surface area contributed by atoms with E-state index in [1.807, 2.05) is 31.2 Å². The Morgan fingerprint density at radius 2 is 1.70 bits per heavy atom. The zero-order valence-corrected chi connectivity index (χ0v) is 12.1. The number of carbonyl (C=O) groups excluding carboxylic acids is 2. The summed E-state index contributed by atoms with van der Waals surface area (Å²) in [6.45, 7) is 4.00. The summed E-state index contributed by atoms with van der Waals surface area (Å²) in [5.41, 5.74) is 1.55. The zero-order chi connectivity index (χ0) is 14.5. The van der Waals surface area contributed by atoms with Gasteiger partial charge < -0.3 is 10.6 Å². The predicted molar refractivity (Wildman–Crippen MR) is 80.5 cm³/mol. The summed E-state index contributed by atoms with van der Waals surface area (Å²) in [7, 11) is 0. The Kier molecular flexibility index (Phi) is 4.77. The Bertz CT molecular complexity index is 478. The maximum Gasteiger partial charge on any atom is 0.227 e. The molecule has 0 heterocycles. The van der Waals surface area contributed by atoms with Gasteiger partial charge in [-0.25, -0.2) is 0 Å². The number of carbonyl (C=O) groups is 2. The first kappa shape index (κ1) is 14.6. The van der Waals surface area contributed by atoms with Gasteiger partial charge in [-0.2, -0.15) is 0 Å². The van der Waals surface area contributed by atoms with Crippen LogP contribution in [0, 0.1) is 11.8 Å². The van der Waals surface area contributed by atoms with E-state index in [2.05, 4.69) is 17.6 Å². The van der Waals surface area contributed by atoms with Gasteiger partial charge in [-0.1, -0.05) is 20.3 Å². The topological polar surface area (TPSA) is 58.2 Å². The Balaban J connectivity index is 1.87. The highest BCUT2D eigenvalue weighted by Gasteiger charge is 2.29. The first-order chi connectivity index (χ1) is 9.60. The second kappa shape index (κ2) is 6.55. The van der Waals surface area contributed by atoms with Crippen LogP contribution in [0.2, 0.25) is 0 Å². The third-order valence-corrected chi connectivity index (χ3v) is 3.54. The lowest BCUT2D eigenvalue weighted by Crippen LogP contribution is -2.20. The molecule has 1 aromatic carbocycles. The molecule has 0 saturated heterocycles. The van der Waals surface area contributed by atoms with Crippen molar-refractivity contribution >= 4 is 23.2 Å². The Labute approximate surface area is 119 Å². The molecule has 2 amide bonds. The molecule has 0 bridgehead atoms. The maximum atomic E-state index is 11.9. The molecule has 2 N–H and O–H groups in total. The molecule has 1 saturated carbocycles. The summed E-state index contributed by atoms with van der Waals surface area (Å²) in [4.78, 5) is 23.5. The predicted octanol–water partition coefficient (Wildman–Crippen LogP) is 3.41. The maximum absolute atomic E-state index is 11.9. The third-order valence-electron chi connectivity index (χ3n) is 3.54. The van der Waals surface area contributed by atoms with Crippen molar-refractivity contribution in [3.63, 3.8) is 0 Å². The van der Waals surface area contributed by atoms with Crippen LogP contribution in [0.5, 0.6) is 0 Å². The van der Waals surface area contributed by atoms with Gasteiger partial charge in [0, 0.05) is 23.2 Å². The van der Waals surface area contributed by atoms with E-state index in [9.17, 15) is 9.59 Å². The Morgan fingerprint density at radius 3 is 2.20 bits per heavy atom. The lowest BCUT2D eigenvalue weighted by Gasteiger charge is -2.11. The fourth-order valence-corrected chi connectivity index (χ4v) is 2.06. The highest BCUT2D eigenvalue weighted by atomic mass is 16.2. The second-order valence-electron chi connectivity index (χ2n) is 5.52. The van der Waals surface area contributed by atoms with Crippen LogP contribution in [0.3, 0.4) is 0 Å². The number of hydrogen-bond acceptors (Lipinski definition) is 2. The number of benzene rings is 1. The van der Waals surface area contributed by atoms with Gasteiger partial charge in [-0.15, -0.1) is 0 Å². The fraction of sp³-hybridized carbons (Fsp3) is 0.500. The summed E-state index contributed by atoms with van der Waals surface area (Å²) in [5.74, 6) is 0.360. The molecule has 4 heteroatoms. The molecule has 108 valence electrons. The van der Waals surface area contributed by atoms with E-state index in [-0.39, 0.29) is 23.7 Å². The van der Waals surface area contributed by atoms with Gasteiger partial charge in [0.25, 0.3) is 0 Å². The molecule has 1 fully saturated rings. The van der Waals surface area contributed by atoms with Gasteiger partial charge in [0.05, 0.1) is 0 Å². The normalized spacial score (nSPS) is 15.5. The number of nitrogens with one attached hydrogen (secondary N) is 2. The standard InChI is InChI=1S/C16H22N2O2/c1-3-4-11(2)15(19)17-13-7-9-14(10-8-13)18-16(20)12-5-6-12/h7-12H,3-6H2,1-2H3,(H,17,19)(H,18,20). The van der Waals surface area contributed by atoms with E-state index < -0.39 is 0 Å². The minimum Gasteiger partial charge on any atom is -0.326 e. The van der Waals surface area contributed by atoms with Gasteiger partial charge in [0.1, 0.15) is 0 Å². The second-order valence-corrected chi connectivity index (χ2v) is 5.52. The minimum absolute atomic E-state index is 0.0224. The van der Waals surface area contributed by atoms with E-state index in [4.69, 9.17) is 0 Å². The van der Waals surface area contributed by atoms with Crippen molar-refractivity contribution < 1.29 is 9.59 Å². The Hall–Kier alpha value is -1.84. The number of anilines is 2.